The maximum absolute atomic E-state index is 2.77. The summed E-state index contributed by atoms with van der Waals surface area (Å²) >= 11 is 1.90. The highest BCUT2D eigenvalue weighted by molar-refractivity contribution is 8.00. The number of hydrogen-bond donors (Lipinski definition) is 0. The molecule has 0 fully saturated rings. The lowest BCUT2D eigenvalue weighted by atomic mass is 9.30. The van der Waals surface area contributed by atoms with Crippen LogP contribution in [-0.2, 0) is 27.1 Å². The Balaban J connectivity index is 0.909. The second-order valence-electron chi connectivity index (χ2n) is 40.9. The minimum Gasteiger partial charge on any atom is -0.311 e. The zero-order valence-electron chi connectivity index (χ0n) is 77.2. The van der Waals surface area contributed by atoms with Gasteiger partial charge in [-0.2, -0.15) is 0 Å². The lowest BCUT2D eigenvalue weighted by molar-refractivity contribution is 0.590. The maximum Gasteiger partial charge on any atom is 0.252 e. The number of benzene rings is 17. The Morgan fingerprint density at radius 1 is 0.215 bits per heavy atom. The van der Waals surface area contributed by atoms with Gasteiger partial charge in [0.1, 0.15) is 0 Å². The van der Waals surface area contributed by atoms with E-state index in [4.69, 9.17) is 0 Å². The van der Waals surface area contributed by atoms with E-state index >= 15 is 0 Å². The molecule has 0 atom stereocenters. The summed E-state index contributed by atoms with van der Waals surface area (Å²) in [4.78, 5) is 15.6. The molecule has 8 heteroatoms. The van der Waals surface area contributed by atoms with Gasteiger partial charge in [-0.15, -0.1) is 0 Å². The van der Waals surface area contributed by atoms with Gasteiger partial charge >= 0.3 is 0 Å². The Morgan fingerprint density at radius 2 is 0.554 bits per heavy atom. The highest BCUT2D eigenvalue weighted by Gasteiger charge is 2.49. The van der Waals surface area contributed by atoms with Gasteiger partial charge in [-0.25, -0.2) is 0 Å². The van der Waals surface area contributed by atoms with Crippen molar-refractivity contribution >= 4 is 143 Å². The van der Waals surface area contributed by atoms with Crippen LogP contribution in [0.1, 0.15) is 132 Å². The number of hydrogen-bond acceptors (Lipinski definition) is 6. The predicted molar refractivity (Wildman–Crippen MR) is 560 cm³/mol. The average Bonchev–Trinajstić information content (AvgIpc) is 0.678. The molecule has 4 heterocycles. The molecule has 4 aliphatic rings. The van der Waals surface area contributed by atoms with Gasteiger partial charge in [0.05, 0.1) is 28.4 Å². The van der Waals surface area contributed by atoms with Crippen LogP contribution < -0.4 is 57.3 Å². The summed E-state index contributed by atoms with van der Waals surface area (Å²) in [6, 6.07) is 149. The number of para-hydroxylation sites is 8. The van der Waals surface area contributed by atoms with Crippen molar-refractivity contribution in [1.29, 1.82) is 0 Å². The maximum atomic E-state index is 2.77. The first-order valence-electron chi connectivity index (χ1n) is 46.2. The van der Waals surface area contributed by atoms with Crippen LogP contribution in [0.3, 0.4) is 0 Å². The van der Waals surface area contributed by atoms with Gasteiger partial charge in [0.25, 0.3) is 6.71 Å². The molecule has 0 aliphatic carbocycles. The molecule has 0 saturated carbocycles. The summed E-state index contributed by atoms with van der Waals surface area (Å²) in [5.41, 5.74) is 41.2. The highest BCUT2D eigenvalue weighted by atomic mass is 32.2. The van der Waals surface area contributed by atoms with Crippen LogP contribution in [0.5, 0.6) is 0 Å². The Hall–Kier alpha value is -13.8. The molecule has 634 valence electrons. The van der Waals surface area contributed by atoms with Crippen LogP contribution in [0.25, 0.3) is 55.6 Å². The lowest BCUT2D eigenvalue weighted by Crippen LogP contribution is -2.64. The van der Waals surface area contributed by atoms with Crippen LogP contribution in [0.15, 0.2) is 398 Å². The first kappa shape index (κ1) is 83.1. The van der Waals surface area contributed by atoms with Crippen molar-refractivity contribution in [2.75, 3.05) is 24.5 Å². The molecule has 0 amide bonds. The van der Waals surface area contributed by atoms with E-state index in [1.165, 1.54) is 70.4 Å². The van der Waals surface area contributed by atoms with Crippen LogP contribution in [0.2, 0.25) is 0 Å². The van der Waals surface area contributed by atoms with E-state index in [1.54, 1.807) is 0 Å². The van der Waals surface area contributed by atoms with Crippen molar-refractivity contribution in [2.45, 2.75) is 141 Å². The van der Waals surface area contributed by atoms with Gasteiger partial charge < -0.3 is 24.5 Å². The number of rotatable bonds is 14. The topological polar surface area (TPSA) is 16.2 Å². The third-order valence-corrected chi connectivity index (χ3v) is 28.5. The van der Waals surface area contributed by atoms with Crippen LogP contribution in [0.4, 0.5) is 85.3 Å². The van der Waals surface area contributed by atoms with E-state index in [9.17, 15) is 0 Å². The first-order chi connectivity index (χ1) is 62.7. The van der Waals surface area contributed by atoms with E-state index in [1.807, 2.05) is 11.8 Å². The van der Waals surface area contributed by atoms with Gasteiger partial charge in [0, 0.05) is 94.5 Å². The van der Waals surface area contributed by atoms with Crippen molar-refractivity contribution in [2.24, 2.45) is 0 Å². The number of anilines is 15. The molecular formula is C122H109B2N5S. The summed E-state index contributed by atoms with van der Waals surface area (Å²) in [5.74, 6) is 0. The van der Waals surface area contributed by atoms with E-state index in [0.717, 1.165) is 141 Å². The Kier molecular flexibility index (Phi) is 20.6. The molecule has 17 aromatic rings. The second kappa shape index (κ2) is 32.2. The summed E-state index contributed by atoms with van der Waals surface area (Å²) < 4.78 is 0. The number of fused-ring (bicyclic) bond motifs is 8. The Morgan fingerprint density at radius 3 is 1.02 bits per heavy atom. The number of nitrogens with zero attached hydrogens (tertiary/aromatic N) is 5. The second-order valence-corrected chi connectivity index (χ2v) is 42.0. The third-order valence-electron chi connectivity index (χ3n) is 27.3. The molecule has 0 spiro atoms. The van der Waals surface area contributed by atoms with Crippen LogP contribution in [0, 0.1) is 0 Å². The zero-order chi connectivity index (χ0) is 89.4. The fourth-order valence-electron chi connectivity index (χ4n) is 20.5. The fourth-order valence-corrected chi connectivity index (χ4v) is 21.7. The summed E-state index contributed by atoms with van der Waals surface area (Å²) in [5, 5.41) is 0. The summed E-state index contributed by atoms with van der Waals surface area (Å²) in [6.07, 6.45) is 0. The molecular weight excluding hydrogens is 1590 g/mol. The molecule has 0 N–H and O–H groups in total. The van der Waals surface area contributed by atoms with Crippen molar-refractivity contribution in [3.8, 4) is 55.6 Å². The monoisotopic (exact) mass is 1700 g/mol. The fraction of sp³-hybridized carbons (Fsp3) is 0.164. The largest absolute Gasteiger partial charge is 0.311 e. The SMILES string of the molecule is CC(C)(C)c1ccc(-c2ccccc2N(c2ccccc2)c2cc3c4c(c2)N(c2ccccc2)c2cc5c(cc2B4c2ccccc2S3)B2c3ccccc3N(c3ccccc3-c3ccc(C(C)(C)C)cc3)c3cc(N(c4ccccc4)c4ccccc4-c4ccc(C(C)(C)C)cc4)cc(c32)N5c2c(-c3ccc(C(C)(C)C)cc3)cccc2-c2ccc(C(C)(C)C)cc2)cc1. The van der Waals surface area contributed by atoms with Crippen molar-refractivity contribution in [3.05, 3.63) is 416 Å². The standard InChI is InChI=1S/C122H109B2N5S/c1-118(2,3)85-64-54-80(55-65-85)95-42-25-30-49-104(95)125(90-36-19-16-20-37-90)93-74-110-115-111(75-93)129(117-98(83-60-70-88(71-61-83)121(10,11)12)45-35-46-99(117)84-62-72-89(73-63-84)122(13,14)15)109-79-108-102(78-103(109)123(115)100-47-28-33-52-107(100)128(110)106-51-32-27-44-97(106)82-58-68-87(69-59-82)120(7,8)9)124-101-48-29-34-53-113(101)130-114-77-94(76-112(116(114)124)127(108)92-40-23-18-24-41-92)126(91-38-21-17-22-39-91)105-50-31-26-43-96(105)81-56-66-86(67-57-81)119(4,5)6/h16-79H,1-15H3. The van der Waals surface area contributed by atoms with E-state index in [0.29, 0.717) is 0 Å². The van der Waals surface area contributed by atoms with E-state index in [-0.39, 0.29) is 40.5 Å². The molecule has 0 radical (unpaired) electrons. The summed E-state index contributed by atoms with van der Waals surface area (Å²) in [7, 11) is 0. The minimum absolute atomic E-state index is 0.00801. The predicted octanol–water partition coefficient (Wildman–Crippen LogP) is 30.3. The van der Waals surface area contributed by atoms with E-state index < -0.39 is 0 Å². The van der Waals surface area contributed by atoms with E-state index in [2.05, 4.69) is 517 Å². The Labute approximate surface area is 774 Å². The lowest BCUT2D eigenvalue weighted by Gasteiger charge is -2.47. The smallest absolute Gasteiger partial charge is 0.252 e. The van der Waals surface area contributed by atoms with Gasteiger partial charge in [-0.1, -0.05) is 412 Å². The van der Waals surface area contributed by atoms with Gasteiger partial charge in [0.2, 0.25) is 6.71 Å². The summed E-state index contributed by atoms with van der Waals surface area (Å²) in [6.45, 7) is 34.2. The zero-order valence-corrected chi connectivity index (χ0v) is 78.1. The van der Waals surface area contributed by atoms with Gasteiger partial charge in [-0.05, 0) is 207 Å². The molecule has 17 aromatic carbocycles. The quantitative estimate of drug-likeness (QED) is 0.100. The molecule has 5 nitrogen and oxygen atoms in total. The van der Waals surface area contributed by atoms with Gasteiger partial charge in [-0.3, -0.25) is 0 Å². The van der Waals surface area contributed by atoms with Crippen molar-refractivity contribution in [1.82, 2.24) is 0 Å². The van der Waals surface area contributed by atoms with Gasteiger partial charge in [0.15, 0.2) is 0 Å². The third kappa shape index (κ3) is 14.7. The molecule has 0 bridgehead atoms. The molecule has 130 heavy (non-hydrogen) atoms. The average molecular weight is 1700 g/mol. The molecule has 21 rings (SSSR count). The highest BCUT2D eigenvalue weighted by Crippen LogP contribution is 2.57. The molecule has 4 aliphatic heterocycles. The molecule has 0 aromatic heterocycles. The van der Waals surface area contributed by atoms with Crippen LogP contribution in [-0.4, -0.2) is 13.4 Å². The first-order valence-corrected chi connectivity index (χ1v) is 47.0. The van der Waals surface area contributed by atoms with Crippen molar-refractivity contribution in [3.63, 3.8) is 0 Å². The van der Waals surface area contributed by atoms with Crippen LogP contribution >= 0.6 is 11.8 Å². The molecule has 0 saturated heterocycles. The minimum atomic E-state index is -0.321. The van der Waals surface area contributed by atoms with Crippen molar-refractivity contribution < 1.29 is 0 Å². The normalized spacial score (nSPS) is 13.2. The molecule has 0 unspecified atom stereocenters. The Bertz CT molecular complexity index is 7120.